The summed E-state index contributed by atoms with van der Waals surface area (Å²) in [6.45, 7) is 3.78. The molecule has 38 heavy (non-hydrogen) atoms. The molecule has 0 aromatic heterocycles. The Morgan fingerprint density at radius 3 is 2.26 bits per heavy atom. The Morgan fingerprint density at radius 2 is 1.61 bits per heavy atom. The average molecular weight is 509 g/mol. The van der Waals surface area contributed by atoms with Gasteiger partial charge < -0.3 is 20.9 Å². The number of guanidine groups is 1. The zero-order valence-corrected chi connectivity index (χ0v) is 21.8. The van der Waals surface area contributed by atoms with Crippen LogP contribution >= 0.6 is 0 Å². The number of carbonyl (C=O) groups excluding carboxylic acids is 1. The van der Waals surface area contributed by atoms with Gasteiger partial charge in [-0.2, -0.15) is 5.26 Å². The van der Waals surface area contributed by atoms with Crippen LogP contribution in [0, 0.1) is 11.5 Å². The van der Waals surface area contributed by atoms with Gasteiger partial charge in [-0.3, -0.25) is 4.79 Å². The summed E-state index contributed by atoms with van der Waals surface area (Å²) >= 11 is 0. The van der Waals surface area contributed by atoms with Crippen molar-refractivity contribution in [1.82, 2.24) is 10.2 Å². The third-order valence-electron chi connectivity index (χ3n) is 7.00. The number of hydrogen-bond donors (Lipinski definition) is 2. The second kappa shape index (κ2) is 14.0. The van der Waals surface area contributed by atoms with E-state index in [1.165, 1.54) is 12.8 Å². The quantitative estimate of drug-likeness (QED) is 0.225. The molecule has 4 rings (SSSR count). The highest BCUT2D eigenvalue weighted by molar-refractivity contribution is 5.96. The Morgan fingerprint density at radius 1 is 0.974 bits per heavy atom. The maximum absolute atomic E-state index is 12.8. The van der Waals surface area contributed by atoms with Crippen molar-refractivity contribution in [3.05, 3.63) is 90.5 Å². The molecule has 0 radical (unpaired) electrons. The van der Waals surface area contributed by atoms with E-state index in [0.717, 1.165) is 42.0 Å². The highest BCUT2D eigenvalue weighted by Crippen LogP contribution is 2.26. The van der Waals surface area contributed by atoms with Crippen molar-refractivity contribution in [1.29, 1.82) is 5.26 Å². The zero-order chi connectivity index (χ0) is 26.6. The molecule has 3 N–H and O–H groups in total. The van der Waals surface area contributed by atoms with Gasteiger partial charge in [0, 0.05) is 31.2 Å². The molecule has 3 aromatic carbocycles. The summed E-state index contributed by atoms with van der Waals surface area (Å²) in [4.78, 5) is 20.9. The Bertz CT molecular complexity index is 1210. The number of amides is 1. The first kappa shape index (κ1) is 26.9. The molecule has 3 aromatic rings. The molecule has 0 spiro atoms. The molecule has 1 aliphatic rings. The highest BCUT2D eigenvalue weighted by atomic mass is 16.1. The maximum atomic E-state index is 12.8. The van der Waals surface area contributed by atoms with Crippen LogP contribution in [-0.4, -0.2) is 49.0 Å². The molecule has 1 atom stereocenters. The lowest BCUT2D eigenvalue weighted by atomic mass is 9.98. The van der Waals surface area contributed by atoms with Crippen LogP contribution in [0.3, 0.4) is 0 Å². The SMILES string of the molecule is N#CN=C(N)N(c1ccc(-c2ccccc2)cc1)[C@H](CCC(=O)NCCN1CCCC1)Cc1ccccc1. The molecule has 7 heteroatoms. The van der Waals surface area contributed by atoms with Gasteiger partial charge in [-0.1, -0.05) is 72.8 Å². The molecule has 0 bridgehead atoms. The van der Waals surface area contributed by atoms with Gasteiger partial charge in [0.15, 0.2) is 0 Å². The monoisotopic (exact) mass is 508 g/mol. The van der Waals surface area contributed by atoms with Crippen molar-refractivity contribution < 1.29 is 4.79 Å². The van der Waals surface area contributed by atoms with Gasteiger partial charge >= 0.3 is 0 Å². The fourth-order valence-corrected chi connectivity index (χ4v) is 5.03. The first-order valence-electron chi connectivity index (χ1n) is 13.3. The van der Waals surface area contributed by atoms with Crippen LogP contribution in [0.1, 0.15) is 31.2 Å². The van der Waals surface area contributed by atoms with E-state index in [2.05, 4.69) is 39.5 Å². The van der Waals surface area contributed by atoms with E-state index in [1.807, 2.05) is 71.8 Å². The van der Waals surface area contributed by atoms with Gasteiger partial charge in [0.25, 0.3) is 0 Å². The summed E-state index contributed by atoms with van der Waals surface area (Å²) in [7, 11) is 0. The van der Waals surface area contributed by atoms with Gasteiger partial charge in [0.2, 0.25) is 18.1 Å². The molecule has 1 amide bonds. The topological polar surface area (TPSA) is 97.7 Å². The van der Waals surface area contributed by atoms with Crippen molar-refractivity contribution in [2.45, 2.75) is 38.1 Å². The van der Waals surface area contributed by atoms with Crippen LogP contribution in [0.5, 0.6) is 0 Å². The van der Waals surface area contributed by atoms with Crippen LogP contribution in [0.4, 0.5) is 5.69 Å². The molecular weight excluding hydrogens is 472 g/mol. The summed E-state index contributed by atoms with van der Waals surface area (Å²) in [6, 6.07) is 28.2. The number of nitrogens with one attached hydrogen (secondary N) is 1. The van der Waals surface area contributed by atoms with Crippen molar-refractivity contribution in [3.63, 3.8) is 0 Å². The number of nitrogens with two attached hydrogens (primary N) is 1. The molecule has 0 aliphatic carbocycles. The van der Waals surface area contributed by atoms with Gasteiger partial charge in [-0.05, 0) is 67.6 Å². The van der Waals surface area contributed by atoms with E-state index in [9.17, 15) is 10.1 Å². The normalized spacial score (nSPS) is 14.6. The molecule has 1 saturated heterocycles. The Labute approximate surface area is 225 Å². The van der Waals surface area contributed by atoms with Crippen molar-refractivity contribution in [3.8, 4) is 17.3 Å². The summed E-state index contributed by atoms with van der Waals surface area (Å²) in [5.74, 6) is 0.146. The van der Waals surface area contributed by atoms with E-state index in [0.29, 0.717) is 25.8 Å². The molecule has 7 nitrogen and oxygen atoms in total. The third kappa shape index (κ3) is 7.67. The standard InChI is InChI=1S/C31H36N6O/c32-24-35-31(33)37(28-15-13-27(14-16-28)26-11-5-2-6-12-26)29(23-25-9-3-1-4-10-25)17-18-30(38)34-19-22-36-20-7-8-21-36/h1-6,9-16,29H,7-8,17-23H2,(H2,33,35)(H,34,38)/t29-/m1/s1. The fourth-order valence-electron chi connectivity index (χ4n) is 5.03. The second-order valence-electron chi connectivity index (χ2n) is 9.63. The Balaban J connectivity index is 1.52. The molecule has 1 heterocycles. The number of aliphatic imine (C=N–C) groups is 1. The molecule has 0 unspecified atom stereocenters. The first-order chi connectivity index (χ1) is 18.6. The van der Waals surface area contributed by atoms with Crippen molar-refractivity contribution in [2.24, 2.45) is 10.7 Å². The van der Waals surface area contributed by atoms with E-state index >= 15 is 0 Å². The molecule has 1 aliphatic heterocycles. The van der Waals surface area contributed by atoms with Crippen LogP contribution in [0.2, 0.25) is 0 Å². The Hall–Kier alpha value is -4.15. The molecule has 1 fully saturated rings. The fraction of sp³-hybridized carbons (Fsp3) is 0.323. The Kier molecular flexibility index (Phi) is 9.89. The molecule has 196 valence electrons. The van der Waals surface area contributed by atoms with E-state index in [4.69, 9.17) is 5.73 Å². The molecule has 0 saturated carbocycles. The highest BCUT2D eigenvalue weighted by Gasteiger charge is 2.24. The summed E-state index contributed by atoms with van der Waals surface area (Å²) in [5, 5.41) is 12.4. The average Bonchev–Trinajstić information content (AvgIpc) is 3.47. The van der Waals surface area contributed by atoms with Gasteiger partial charge in [0.05, 0.1) is 0 Å². The lowest BCUT2D eigenvalue weighted by Gasteiger charge is -2.33. The van der Waals surface area contributed by atoms with E-state index in [-0.39, 0.29) is 17.9 Å². The number of nitriles is 1. The van der Waals surface area contributed by atoms with E-state index in [1.54, 1.807) is 0 Å². The molecular formula is C31H36N6O. The smallest absolute Gasteiger partial charge is 0.220 e. The van der Waals surface area contributed by atoms with Crippen molar-refractivity contribution >= 4 is 17.6 Å². The summed E-state index contributed by atoms with van der Waals surface area (Å²) < 4.78 is 0. The predicted molar refractivity (Wildman–Crippen MR) is 153 cm³/mol. The third-order valence-corrected chi connectivity index (χ3v) is 7.00. The number of hydrogen-bond acceptors (Lipinski definition) is 4. The second-order valence-corrected chi connectivity index (χ2v) is 9.63. The van der Waals surface area contributed by atoms with Crippen LogP contribution < -0.4 is 16.0 Å². The number of rotatable bonds is 11. The minimum absolute atomic E-state index is 0.0254. The first-order valence-corrected chi connectivity index (χ1v) is 13.3. The van der Waals surface area contributed by atoms with Crippen LogP contribution in [0.25, 0.3) is 11.1 Å². The predicted octanol–water partition coefficient (Wildman–Crippen LogP) is 4.56. The number of anilines is 1. The number of likely N-dealkylation sites (tertiary alicyclic amines) is 1. The minimum Gasteiger partial charge on any atom is -0.369 e. The summed E-state index contributed by atoms with van der Waals surface area (Å²) in [6.07, 6.45) is 5.88. The lowest BCUT2D eigenvalue weighted by molar-refractivity contribution is -0.121. The van der Waals surface area contributed by atoms with Gasteiger partial charge in [-0.15, -0.1) is 4.99 Å². The van der Waals surface area contributed by atoms with Crippen LogP contribution in [0.15, 0.2) is 89.9 Å². The summed E-state index contributed by atoms with van der Waals surface area (Å²) in [5.41, 5.74) is 10.5. The number of benzene rings is 3. The lowest BCUT2D eigenvalue weighted by Crippen LogP contribution is -2.46. The number of carbonyl (C=O) groups is 1. The largest absolute Gasteiger partial charge is 0.369 e. The number of nitrogens with zero attached hydrogens (tertiary/aromatic N) is 4. The van der Waals surface area contributed by atoms with Gasteiger partial charge in [-0.25, -0.2) is 0 Å². The van der Waals surface area contributed by atoms with E-state index < -0.39 is 0 Å². The zero-order valence-electron chi connectivity index (χ0n) is 21.8. The van der Waals surface area contributed by atoms with Crippen LogP contribution in [-0.2, 0) is 11.2 Å². The van der Waals surface area contributed by atoms with Gasteiger partial charge in [0.1, 0.15) is 0 Å². The maximum Gasteiger partial charge on any atom is 0.220 e. The minimum atomic E-state index is -0.165. The van der Waals surface area contributed by atoms with Crippen molar-refractivity contribution in [2.75, 3.05) is 31.1 Å².